The fourth-order valence-corrected chi connectivity index (χ4v) is 3.10. The summed E-state index contributed by atoms with van der Waals surface area (Å²) in [6, 6.07) is 5.62. The minimum atomic E-state index is -0.249. The van der Waals surface area contributed by atoms with Crippen molar-refractivity contribution >= 4 is 32.6 Å². The highest BCUT2D eigenvalue weighted by Gasteiger charge is 2.15. The maximum Gasteiger partial charge on any atom is 0.293 e. The standard InChI is InChI=1S/C16H12BrN7O/c1-2-3-7-23-14-11(19-16(23)17)9-18-24(15(14)25)10-13-21-20-12-6-4-5-8-22(12)13/h4-6,8-9H,7,10H2,1H3. The quantitative estimate of drug-likeness (QED) is 0.488. The summed E-state index contributed by atoms with van der Waals surface area (Å²) in [5.74, 6) is 6.40. The van der Waals surface area contributed by atoms with E-state index in [0.717, 1.165) is 5.65 Å². The Labute approximate surface area is 150 Å². The van der Waals surface area contributed by atoms with Crippen LogP contribution in [0.1, 0.15) is 12.7 Å². The summed E-state index contributed by atoms with van der Waals surface area (Å²) in [6.45, 7) is 2.34. The molecule has 0 fully saturated rings. The van der Waals surface area contributed by atoms with Crippen molar-refractivity contribution in [2.24, 2.45) is 0 Å². The minimum Gasteiger partial charge on any atom is -0.302 e. The monoisotopic (exact) mass is 397 g/mol. The molecule has 0 aliphatic carbocycles. The Morgan fingerprint density at radius 1 is 1.28 bits per heavy atom. The van der Waals surface area contributed by atoms with Crippen molar-refractivity contribution in [2.75, 3.05) is 0 Å². The molecule has 0 unspecified atom stereocenters. The minimum absolute atomic E-state index is 0.211. The SMILES string of the molecule is CC#CCn1c(Br)nc2cnn(Cc3nnc4ccccn34)c(=O)c21. The number of imidazole rings is 1. The van der Waals surface area contributed by atoms with Gasteiger partial charge in [0.1, 0.15) is 17.6 Å². The van der Waals surface area contributed by atoms with E-state index in [0.29, 0.717) is 28.1 Å². The van der Waals surface area contributed by atoms with Crippen LogP contribution in [0.15, 0.2) is 40.1 Å². The zero-order valence-electron chi connectivity index (χ0n) is 13.2. The smallest absolute Gasteiger partial charge is 0.293 e. The predicted octanol–water partition coefficient (Wildman–Crippen LogP) is 1.47. The first kappa shape index (κ1) is 15.5. The molecule has 4 heterocycles. The highest BCUT2D eigenvalue weighted by atomic mass is 79.9. The molecule has 0 aliphatic heterocycles. The van der Waals surface area contributed by atoms with E-state index < -0.39 is 0 Å². The second-order valence-corrected chi connectivity index (χ2v) is 5.99. The molecule has 0 bridgehead atoms. The van der Waals surface area contributed by atoms with Gasteiger partial charge in [-0.25, -0.2) is 9.67 Å². The molecule has 124 valence electrons. The van der Waals surface area contributed by atoms with E-state index >= 15 is 0 Å². The second-order valence-electron chi connectivity index (χ2n) is 5.28. The Hall–Kier alpha value is -2.99. The van der Waals surface area contributed by atoms with Gasteiger partial charge in [0.25, 0.3) is 5.56 Å². The third-order valence-electron chi connectivity index (χ3n) is 3.79. The lowest BCUT2D eigenvalue weighted by Crippen LogP contribution is -2.25. The lowest BCUT2D eigenvalue weighted by molar-refractivity contribution is 0.613. The average molecular weight is 398 g/mol. The van der Waals surface area contributed by atoms with E-state index in [1.54, 1.807) is 17.7 Å². The molecule has 4 rings (SSSR count). The molecule has 25 heavy (non-hydrogen) atoms. The van der Waals surface area contributed by atoms with Crippen LogP contribution in [0.25, 0.3) is 16.7 Å². The van der Waals surface area contributed by atoms with Crippen molar-refractivity contribution in [3.8, 4) is 11.8 Å². The number of hydrogen-bond acceptors (Lipinski definition) is 5. The summed E-state index contributed by atoms with van der Waals surface area (Å²) >= 11 is 3.37. The molecule has 0 aromatic carbocycles. The fourth-order valence-electron chi connectivity index (χ4n) is 2.61. The molecule has 9 heteroatoms. The van der Waals surface area contributed by atoms with E-state index in [-0.39, 0.29) is 12.1 Å². The van der Waals surface area contributed by atoms with Crippen LogP contribution in [-0.2, 0) is 13.1 Å². The Kier molecular flexibility index (Phi) is 3.82. The molecule has 4 aromatic rings. The maximum absolute atomic E-state index is 12.9. The summed E-state index contributed by atoms with van der Waals surface area (Å²) in [5, 5.41) is 12.5. The Bertz CT molecular complexity index is 1210. The number of aromatic nitrogens is 7. The molecule has 0 saturated heterocycles. The molecule has 0 atom stereocenters. The summed E-state index contributed by atoms with van der Waals surface area (Å²) in [7, 11) is 0. The summed E-state index contributed by atoms with van der Waals surface area (Å²) < 4.78 is 5.47. The predicted molar refractivity (Wildman–Crippen MR) is 95.0 cm³/mol. The number of halogens is 1. The van der Waals surface area contributed by atoms with E-state index in [1.165, 1.54) is 4.68 Å². The van der Waals surface area contributed by atoms with Crippen LogP contribution < -0.4 is 5.56 Å². The van der Waals surface area contributed by atoms with E-state index in [4.69, 9.17) is 0 Å². The lowest BCUT2D eigenvalue weighted by atomic mass is 10.4. The molecule has 0 radical (unpaired) electrons. The first-order valence-electron chi connectivity index (χ1n) is 7.49. The summed E-state index contributed by atoms with van der Waals surface area (Å²) in [6.07, 6.45) is 3.42. The van der Waals surface area contributed by atoms with Gasteiger partial charge in [0.05, 0.1) is 12.7 Å². The topological polar surface area (TPSA) is 82.9 Å². The van der Waals surface area contributed by atoms with Gasteiger partial charge in [-0.1, -0.05) is 12.0 Å². The van der Waals surface area contributed by atoms with Crippen LogP contribution in [-0.4, -0.2) is 33.9 Å². The summed E-state index contributed by atoms with van der Waals surface area (Å²) in [4.78, 5) is 17.2. The number of nitrogens with zero attached hydrogens (tertiary/aromatic N) is 7. The van der Waals surface area contributed by atoms with Crippen molar-refractivity contribution < 1.29 is 0 Å². The number of pyridine rings is 1. The molecule has 0 saturated carbocycles. The van der Waals surface area contributed by atoms with Crippen LogP contribution in [0.4, 0.5) is 0 Å². The van der Waals surface area contributed by atoms with Gasteiger partial charge in [0.2, 0.25) is 0 Å². The van der Waals surface area contributed by atoms with Crippen LogP contribution >= 0.6 is 15.9 Å². The Morgan fingerprint density at radius 2 is 2.16 bits per heavy atom. The van der Waals surface area contributed by atoms with Gasteiger partial charge in [-0.15, -0.1) is 16.1 Å². The molecule has 0 N–H and O–H groups in total. The van der Waals surface area contributed by atoms with Crippen molar-refractivity contribution in [3.05, 3.63) is 51.5 Å². The van der Waals surface area contributed by atoms with Gasteiger partial charge >= 0.3 is 0 Å². The fraction of sp³-hybridized carbons (Fsp3) is 0.188. The third-order valence-corrected chi connectivity index (χ3v) is 4.40. The van der Waals surface area contributed by atoms with Crippen molar-refractivity contribution in [3.63, 3.8) is 0 Å². The highest BCUT2D eigenvalue weighted by molar-refractivity contribution is 9.10. The third kappa shape index (κ3) is 2.60. The number of fused-ring (bicyclic) bond motifs is 2. The summed E-state index contributed by atoms with van der Waals surface area (Å²) in [5.41, 5.74) is 1.45. The van der Waals surface area contributed by atoms with E-state index in [2.05, 4.69) is 48.1 Å². The van der Waals surface area contributed by atoms with Gasteiger partial charge < -0.3 is 4.57 Å². The van der Waals surface area contributed by atoms with Gasteiger partial charge in [-0.2, -0.15) is 5.10 Å². The number of rotatable bonds is 3. The van der Waals surface area contributed by atoms with Crippen molar-refractivity contribution in [1.82, 2.24) is 33.9 Å². The van der Waals surface area contributed by atoms with E-state index in [1.807, 2.05) is 28.8 Å². The van der Waals surface area contributed by atoms with Crippen molar-refractivity contribution in [2.45, 2.75) is 20.0 Å². The van der Waals surface area contributed by atoms with E-state index in [9.17, 15) is 4.79 Å². The van der Waals surface area contributed by atoms with Crippen LogP contribution in [0.2, 0.25) is 0 Å². The number of hydrogen-bond donors (Lipinski definition) is 0. The maximum atomic E-state index is 12.9. The zero-order valence-corrected chi connectivity index (χ0v) is 14.8. The molecule has 0 amide bonds. The Morgan fingerprint density at radius 3 is 3.00 bits per heavy atom. The Balaban J connectivity index is 1.83. The molecule has 0 spiro atoms. The second kappa shape index (κ2) is 6.14. The highest BCUT2D eigenvalue weighted by Crippen LogP contribution is 2.16. The van der Waals surface area contributed by atoms with Crippen LogP contribution in [0.5, 0.6) is 0 Å². The molecular formula is C16H12BrN7O. The molecule has 8 nitrogen and oxygen atoms in total. The average Bonchev–Trinajstić information content (AvgIpc) is 3.17. The first-order valence-corrected chi connectivity index (χ1v) is 8.28. The zero-order chi connectivity index (χ0) is 17.4. The van der Waals surface area contributed by atoms with Crippen molar-refractivity contribution in [1.29, 1.82) is 0 Å². The van der Waals surface area contributed by atoms with Crippen LogP contribution in [0, 0.1) is 11.8 Å². The molecule has 0 aliphatic rings. The van der Waals surface area contributed by atoms with Gasteiger partial charge in [-0.05, 0) is 35.0 Å². The lowest BCUT2D eigenvalue weighted by Gasteiger charge is -2.05. The largest absolute Gasteiger partial charge is 0.302 e. The normalized spacial score (nSPS) is 11.0. The van der Waals surface area contributed by atoms with Gasteiger partial charge in [-0.3, -0.25) is 9.20 Å². The van der Waals surface area contributed by atoms with Gasteiger partial charge in [0, 0.05) is 6.20 Å². The van der Waals surface area contributed by atoms with Gasteiger partial charge in [0.15, 0.2) is 16.2 Å². The van der Waals surface area contributed by atoms with Crippen LogP contribution in [0.3, 0.4) is 0 Å². The molecule has 4 aromatic heterocycles. The molecular weight excluding hydrogens is 386 g/mol. The first-order chi connectivity index (χ1) is 12.2.